The minimum Gasteiger partial charge on any atom is -0.497 e. The van der Waals surface area contributed by atoms with Crippen LogP contribution in [0.3, 0.4) is 0 Å². The van der Waals surface area contributed by atoms with Crippen LogP contribution < -0.4 is 15.6 Å². The zero-order valence-corrected chi connectivity index (χ0v) is 19.8. The molecule has 1 amide bonds. The van der Waals surface area contributed by atoms with Gasteiger partial charge >= 0.3 is 0 Å². The SMILES string of the molecule is COc1ccc(Cn2cc(C(=O)NCC3CCCN4CCCCC34)c3ccccc3c2=O)cc1. The second kappa shape index (κ2) is 10.0. The number of methoxy groups -OCH3 is 1. The van der Waals surface area contributed by atoms with E-state index in [1.165, 1.54) is 45.2 Å². The van der Waals surface area contributed by atoms with Crippen LogP contribution in [-0.2, 0) is 6.54 Å². The molecule has 0 saturated carbocycles. The zero-order chi connectivity index (χ0) is 23.5. The van der Waals surface area contributed by atoms with Crippen molar-refractivity contribution >= 4 is 16.7 Å². The lowest BCUT2D eigenvalue weighted by atomic mass is 9.83. The van der Waals surface area contributed by atoms with Gasteiger partial charge in [-0.15, -0.1) is 0 Å². The van der Waals surface area contributed by atoms with E-state index in [1.807, 2.05) is 42.5 Å². The average Bonchev–Trinajstić information content (AvgIpc) is 2.89. The molecular formula is C28H33N3O3. The number of rotatable bonds is 6. The molecule has 2 aliphatic rings. The monoisotopic (exact) mass is 459 g/mol. The number of hydrogen-bond acceptors (Lipinski definition) is 4. The highest BCUT2D eigenvalue weighted by Crippen LogP contribution is 2.30. The van der Waals surface area contributed by atoms with Gasteiger partial charge in [0.25, 0.3) is 11.5 Å². The molecule has 1 aromatic heterocycles. The standard InChI is InChI=1S/C28H33N3O3/c1-34-22-13-11-20(12-14-22)18-31-19-25(23-8-2-3-9-24(23)28(31)33)27(32)29-17-21-7-6-16-30-15-5-4-10-26(21)30/h2-3,8-9,11-14,19,21,26H,4-7,10,15-18H2,1H3,(H,29,32). The Labute approximate surface area is 200 Å². The van der Waals surface area contributed by atoms with E-state index in [4.69, 9.17) is 4.74 Å². The number of ether oxygens (including phenoxy) is 1. The van der Waals surface area contributed by atoms with Crippen molar-refractivity contribution in [2.24, 2.45) is 5.92 Å². The average molecular weight is 460 g/mol. The van der Waals surface area contributed by atoms with E-state index in [2.05, 4.69) is 10.2 Å². The van der Waals surface area contributed by atoms with Crippen LogP contribution >= 0.6 is 0 Å². The molecule has 6 nitrogen and oxygen atoms in total. The second-order valence-electron chi connectivity index (χ2n) is 9.58. The number of aromatic nitrogens is 1. The van der Waals surface area contributed by atoms with Crippen molar-refractivity contribution in [2.75, 3.05) is 26.7 Å². The number of fused-ring (bicyclic) bond motifs is 2. The molecule has 2 aliphatic heterocycles. The van der Waals surface area contributed by atoms with Gasteiger partial charge < -0.3 is 19.5 Å². The largest absolute Gasteiger partial charge is 0.497 e. The Morgan fingerprint density at radius 1 is 1.00 bits per heavy atom. The molecule has 2 saturated heterocycles. The van der Waals surface area contributed by atoms with Crippen molar-refractivity contribution in [3.63, 3.8) is 0 Å². The van der Waals surface area contributed by atoms with Crippen molar-refractivity contribution in [3.8, 4) is 5.75 Å². The molecule has 0 radical (unpaired) electrons. The number of piperidine rings is 2. The number of benzene rings is 2. The topological polar surface area (TPSA) is 63.6 Å². The molecule has 34 heavy (non-hydrogen) atoms. The molecule has 2 atom stereocenters. The van der Waals surface area contributed by atoms with Crippen LogP contribution in [0, 0.1) is 5.92 Å². The molecule has 2 unspecified atom stereocenters. The van der Waals surface area contributed by atoms with Crippen molar-refractivity contribution < 1.29 is 9.53 Å². The number of carbonyl (C=O) groups is 1. The molecule has 2 fully saturated rings. The highest BCUT2D eigenvalue weighted by atomic mass is 16.5. The fraction of sp³-hybridized carbons (Fsp3) is 0.429. The number of nitrogens with one attached hydrogen (secondary N) is 1. The van der Waals surface area contributed by atoms with Gasteiger partial charge in [-0.1, -0.05) is 36.8 Å². The molecule has 3 aromatic rings. The molecule has 178 valence electrons. The minimum atomic E-state index is -0.104. The van der Waals surface area contributed by atoms with Gasteiger partial charge in [0, 0.05) is 29.6 Å². The first-order valence-electron chi connectivity index (χ1n) is 12.4. The first-order chi connectivity index (χ1) is 16.6. The number of hydrogen-bond donors (Lipinski definition) is 1. The predicted molar refractivity (Wildman–Crippen MR) is 135 cm³/mol. The third-order valence-corrected chi connectivity index (χ3v) is 7.50. The van der Waals surface area contributed by atoms with E-state index in [0.29, 0.717) is 41.4 Å². The Kier molecular flexibility index (Phi) is 6.68. The highest BCUT2D eigenvalue weighted by Gasteiger charge is 2.33. The Morgan fingerprint density at radius 3 is 2.56 bits per heavy atom. The molecule has 0 bridgehead atoms. The number of carbonyl (C=O) groups excluding carboxylic acids is 1. The summed E-state index contributed by atoms with van der Waals surface area (Å²) >= 11 is 0. The number of pyridine rings is 1. The third-order valence-electron chi connectivity index (χ3n) is 7.50. The molecule has 2 aromatic carbocycles. The van der Waals surface area contributed by atoms with Crippen LogP contribution in [0.25, 0.3) is 10.8 Å². The van der Waals surface area contributed by atoms with Gasteiger partial charge in [-0.3, -0.25) is 9.59 Å². The molecule has 0 aliphatic carbocycles. The normalized spacial score (nSPS) is 20.6. The van der Waals surface area contributed by atoms with Gasteiger partial charge in [0.2, 0.25) is 0 Å². The van der Waals surface area contributed by atoms with Crippen molar-refractivity contribution in [3.05, 3.63) is 76.2 Å². The third kappa shape index (κ3) is 4.60. The second-order valence-corrected chi connectivity index (χ2v) is 9.58. The molecule has 3 heterocycles. The summed E-state index contributed by atoms with van der Waals surface area (Å²) in [6.07, 6.45) is 7.89. The Morgan fingerprint density at radius 2 is 1.76 bits per heavy atom. The maximum absolute atomic E-state index is 13.4. The van der Waals surface area contributed by atoms with E-state index in [1.54, 1.807) is 23.9 Å². The van der Waals surface area contributed by atoms with Crippen LogP contribution in [-0.4, -0.2) is 48.2 Å². The smallest absolute Gasteiger partial charge is 0.258 e. The van der Waals surface area contributed by atoms with Gasteiger partial charge in [0.1, 0.15) is 5.75 Å². The van der Waals surface area contributed by atoms with E-state index in [0.717, 1.165) is 11.3 Å². The molecule has 1 N–H and O–H groups in total. The molecule has 0 spiro atoms. The van der Waals surface area contributed by atoms with Gasteiger partial charge in [-0.05, 0) is 68.5 Å². The zero-order valence-electron chi connectivity index (χ0n) is 19.8. The summed E-state index contributed by atoms with van der Waals surface area (Å²) in [6, 6.07) is 15.6. The van der Waals surface area contributed by atoms with Gasteiger partial charge in [-0.25, -0.2) is 0 Å². The van der Waals surface area contributed by atoms with Crippen molar-refractivity contribution in [1.82, 2.24) is 14.8 Å². The number of nitrogens with zero attached hydrogens (tertiary/aromatic N) is 2. The summed E-state index contributed by atoms with van der Waals surface area (Å²) < 4.78 is 6.88. The van der Waals surface area contributed by atoms with Crippen LogP contribution in [0.1, 0.15) is 48.0 Å². The van der Waals surface area contributed by atoms with Gasteiger partial charge in [0.05, 0.1) is 19.2 Å². The summed E-state index contributed by atoms with van der Waals surface area (Å²) in [5, 5.41) is 4.50. The van der Waals surface area contributed by atoms with Crippen molar-refractivity contribution in [1.29, 1.82) is 0 Å². The van der Waals surface area contributed by atoms with Crippen molar-refractivity contribution in [2.45, 2.75) is 44.7 Å². The van der Waals surface area contributed by atoms with E-state index in [9.17, 15) is 9.59 Å². The fourth-order valence-corrected chi connectivity index (χ4v) is 5.70. The van der Waals surface area contributed by atoms with Gasteiger partial charge in [0.15, 0.2) is 0 Å². The molecule has 5 rings (SSSR count). The summed E-state index contributed by atoms with van der Waals surface area (Å²) in [6.45, 7) is 3.46. The quantitative estimate of drug-likeness (QED) is 0.604. The fourth-order valence-electron chi connectivity index (χ4n) is 5.70. The van der Waals surface area contributed by atoms with E-state index in [-0.39, 0.29) is 11.5 Å². The maximum Gasteiger partial charge on any atom is 0.258 e. The summed E-state index contributed by atoms with van der Waals surface area (Å²) in [4.78, 5) is 29.2. The highest BCUT2D eigenvalue weighted by molar-refractivity contribution is 6.06. The lowest BCUT2D eigenvalue weighted by Crippen LogP contribution is -2.51. The van der Waals surface area contributed by atoms with Crippen LogP contribution in [0.15, 0.2) is 59.5 Å². The maximum atomic E-state index is 13.4. The molecule has 6 heteroatoms. The van der Waals surface area contributed by atoms with E-state index < -0.39 is 0 Å². The predicted octanol–water partition coefficient (Wildman–Crippen LogP) is 4.05. The summed E-state index contributed by atoms with van der Waals surface area (Å²) in [7, 11) is 1.63. The Bertz CT molecular complexity index is 1220. The van der Waals surface area contributed by atoms with E-state index >= 15 is 0 Å². The first-order valence-corrected chi connectivity index (χ1v) is 12.4. The van der Waals surface area contributed by atoms with Crippen LogP contribution in [0.4, 0.5) is 0 Å². The van der Waals surface area contributed by atoms with Crippen LogP contribution in [0.5, 0.6) is 5.75 Å². The lowest BCUT2D eigenvalue weighted by molar-refractivity contribution is 0.0576. The lowest BCUT2D eigenvalue weighted by Gasteiger charge is -2.44. The van der Waals surface area contributed by atoms with Crippen LogP contribution in [0.2, 0.25) is 0 Å². The Hall–Kier alpha value is -3.12. The summed E-state index contributed by atoms with van der Waals surface area (Å²) in [5.41, 5.74) is 1.44. The molecular weight excluding hydrogens is 426 g/mol. The number of amides is 1. The van der Waals surface area contributed by atoms with Gasteiger partial charge in [-0.2, -0.15) is 0 Å². The summed E-state index contributed by atoms with van der Waals surface area (Å²) in [5.74, 6) is 1.16. The Balaban J connectivity index is 1.39. The minimum absolute atomic E-state index is 0.0897. The first kappa shape index (κ1) is 22.7.